The zero-order valence-electron chi connectivity index (χ0n) is 17.4. The minimum Gasteiger partial charge on any atom is -0.493 e. The number of benzene rings is 1. The number of piperidine rings is 1. The number of aliphatic imine (C=N–C) groups is 1. The molecule has 0 aliphatic carbocycles. The van der Waals surface area contributed by atoms with E-state index >= 15 is 0 Å². The number of hydrogen-bond donors (Lipinski definition) is 2. The first-order valence-corrected chi connectivity index (χ1v) is 10.2. The molecular formula is C21H36N4O2. The molecule has 6 heteroatoms. The maximum absolute atomic E-state index is 5.38. The normalized spacial score (nSPS) is 16.2. The van der Waals surface area contributed by atoms with E-state index in [-0.39, 0.29) is 0 Å². The second kappa shape index (κ2) is 11.7. The standard InChI is InChI=1S/C21H36N4O2/c1-5-11-25-12-9-17(10-13-25)15-23-21(22-6-2)24-16-18-7-8-19(26-3)20(14-18)27-4/h7-8,14,17H,5-6,9-13,15-16H2,1-4H3,(H2,22,23,24). The predicted octanol–water partition coefficient (Wildman–Crippen LogP) is 2.88. The first-order chi connectivity index (χ1) is 13.2. The van der Waals surface area contributed by atoms with Gasteiger partial charge >= 0.3 is 0 Å². The Morgan fingerprint density at radius 2 is 1.85 bits per heavy atom. The molecule has 1 fully saturated rings. The van der Waals surface area contributed by atoms with Crippen LogP contribution in [-0.4, -0.2) is 57.8 Å². The van der Waals surface area contributed by atoms with Crippen LogP contribution < -0.4 is 20.1 Å². The maximum Gasteiger partial charge on any atom is 0.191 e. The molecule has 0 bridgehead atoms. The molecule has 1 saturated heterocycles. The zero-order valence-corrected chi connectivity index (χ0v) is 17.4. The minimum atomic E-state index is 0.602. The molecule has 0 amide bonds. The van der Waals surface area contributed by atoms with Gasteiger partial charge in [0.2, 0.25) is 0 Å². The molecule has 1 aliphatic heterocycles. The van der Waals surface area contributed by atoms with E-state index < -0.39 is 0 Å². The highest BCUT2D eigenvalue weighted by Gasteiger charge is 2.18. The SMILES string of the molecule is CCCN1CCC(CNC(=NCc2ccc(OC)c(OC)c2)NCC)CC1. The van der Waals surface area contributed by atoms with Crippen LogP contribution >= 0.6 is 0 Å². The van der Waals surface area contributed by atoms with E-state index in [2.05, 4.69) is 29.4 Å². The van der Waals surface area contributed by atoms with Gasteiger partial charge in [-0.25, -0.2) is 4.99 Å². The largest absolute Gasteiger partial charge is 0.493 e. The number of methoxy groups -OCH3 is 2. The van der Waals surface area contributed by atoms with Crippen LogP contribution in [0.5, 0.6) is 11.5 Å². The van der Waals surface area contributed by atoms with Crippen molar-refractivity contribution in [2.45, 2.75) is 39.7 Å². The zero-order chi connectivity index (χ0) is 19.5. The quantitative estimate of drug-likeness (QED) is 0.513. The molecule has 1 aromatic carbocycles. The van der Waals surface area contributed by atoms with Crippen molar-refractivity contribution in [1.29, 1.82) is 0 Å². The summed E-state index contributed by atoms with van der Waals surface area (Å²) in [6, 6.07) is 5.93. The van der Waals surface area contributed by atoms with E-state index in [0.29, 0.717) is 6.54 Å². The van der Waals surface area contributed by atoms with Gasteiger partial charge in [0.1, 0.15) is 0 Å². The number of rotatable bonds is 9. The average Bonchev–Trinajstić information content (AvgIpc) is 2.71. The van der Waals surface area contributed by atoms with E-state index in [4.69, 9.17) is 14.5 Å². The van der Waals surface area contributed by atoms with Gasteiger partial charge in [0, 0.05) is 13.1 Å². The molecule has 1 heterocycles. The van der Waals surface area contributed by atoms with Crippen LogP contribution in [0.3, 0.4) is 0 Å². The molecule has 2 N–H and O–H groups in total. The van der Waals surface area contributed by atoms with Crippen LogP contribution in [0.4, 0.5) is 0 Å². The van der Waals surface area contributed by atoms with Crippen LogP contribution in [0.15, 0.2) is 23.2 Å². The van der Waals surface area contributed by atoms with E-state index in [9.17, 15) is 0 Å². The third kappa shape index (κ3) is 6.94. The fourth-order valence-electron chi connectivity index (χ4n) is 3.46. The van der Waals surface area contributed by atoms with Crippen molar-refractivity contribution >= 4 is 5.96 Å². The van der Waals surface area contributed by atoms with Crippen molar-refractivity contribution in [3.8, 4) is 11.5 Å². The Morgan fingerprint density at radius 1 is 1.11 bits per heavy atom. The fourth-order valence-corrected chi connectivity index (χ4v) is 3.46. The van der Waals surface area contributed by atoms with Crippen LogP contribution in [-0.2, 0) is 6.54 Å². The fraction of sp³-hybridized carbons (Fsp3) is 0.667. The van der Waals surface area contributed by atoms with Gasteiger partial charge < -0.3 is 25.0 Å². The number of nitrogens with zero attached hydrogens (tertiary/aromatic N) is 2. The molecule has 27 heavy (non-hydrogen) atoms. The van der Waals surface area contributed by atoms with Crippen molar-refractivity contribution < 1.29 is 9.47 Å². The van der Waals surface area contributed by atoms with E-state index in [1.54, 1.807) is 14.2 Å². The number of ether oxygens (including phenoxy) is 2. The Hall–Kier alpha value is -1.95. The van der Waals surface area contributed by atoms with Gasteiger partial charge in [-0.15, -0.1) is 0 Å². The Kier molecular flexibility index (Phi) is 9.25. The van der Waals surface area contributed by atoms with Gasteiger partial charge in [0.05, 0.1) is 20.8 Å². The third-order valence-electron chi connectivity index (χ3n) is 5.02. The van der Waals surface area contributed by atoms with Crippen LogP contribution in [0.25, 0.3) is 0 Å². The summed E-state index contributed by atoms with van der Waals surface area (Å²) in [5, 5.41) is 6.87. The monoisotopic (exact) mass is 376 g/mol. The number of likely N-dealkylation sites (tertiary alicyclic amines) is 1. The number of guanidine groups is 1. The van der Waals surface area contributed by atoms with Crippen molar-refractivity contribution in [3.05, 3.63) is 23.8 Å². The molecule has 1 aromatic rings. The first-order valence-electron chi connectivity index (χ1n) is 10.2. The molecular weight excluding hydrogens is 340 g/mol. The molecule has 0 radical (unpaired) electrons. The van der Waals surface area contributed by atoms with Gasteiger partial charge in [-0.1, -0.05) is 13.0 Å². The average molecular weight is 377 g/mol. The summed E-state index contributed by atoms with van der Waals surface area (Å²) < 4.78 is 10.7. The molecule has 2 rings (SSSR count). The minimum absolute atomic E-state index is 0.602. The molecule has 0 spiro atoms. The smallest absolute Gasteiger partial charge is 0.191 e. The molecule has 0 aromatic heterocycles. The second-order valence-electron chi connectivity index (χ2n) is 7.05. The summed E-state index contributed by atoms with van der Waals surface area (Å²) in [5.41, 5.74) is 1.10. The topological polar surface area (TPSA) is 58.1 Å². The van der Waals surface area contributed by atoms with E-state index in [1.165, 1.54) is 38.9 Å². The van der Waals surface area contributed by atoms with Gasteiger partial charge in [0.15, 0.2) is 17.5 Å². The number of hydrogen-bond acceptors (Lipinski definition) is 4. The highest BCUT2D eigenvalue weighted by molar-refractivity contribution is 5.79. The van der Waals surface area contributed by atoms with Gasteiger partial charge in [-0.3, -0.25) is 0 Å². The summed E-state index contributed by atoms with van der Waals surface area (Å²) in [4.78, 5) is 7.31. The Bertz CT molecular complexity index is 584. The van der Waals surface area contributed by atoms with Crippen molar-refractivity contribution in [1.82, 2.24) is 15.5 Å². The summed E-state index contributed by atoms with van der Waals surface area (Å²) in [5.74, 6) is 3.08. The van der Waals surface area contributed by atoms with Gasteiger partial charge in [0.25, 0.3) is 0 Å². The van der Waals surface area contributed by atoms with E-state index in [1.807, 2.05) is 18.2 Å². The predicted molar refractivity (Wildman–Crippen MR) is 112 cm³/mol. The number of nitrogens with one attached hydrogen (secondary N) is 2. The second-order valence-corrected chi connectivity index (χ2v) is 7.05. The summed E-state index contributed by atoms with van der Waals surface area (Å²) in [6.45, 7) is 10.5. The molecule has 0 atom stereocenters. The Morgan fingerprint density at radius 3 is 2.48 bits per heavy atom. The highest BCUT2D eigenvalue weighted by Crippen LogP contribution is 2.27. The summed E-state index contributed by atoms with van der Waals surface area (Å²) >= 11 is 0. The third-order valence-corrected chi connectivity index (χ3v) is 5.02. The van der Waals surface area contributed by atoms with Crippen LogP contribution in [0, 0.1) is 5.92 Å². The maximum atomic E-state index is 5.38. The van der Waals surface area contributed by atoms with Crippen molar-refractivity contribution in [2.24, 2.45) is 10.9 Å². The Labute approximate surface area is 164 Å². The van der Waals surface area contributed by atoms with Crippen LogP contribution in [0.2, 0.25) is 0 Å². The first kappa shape index (κ1) is 21.4. The van der Waals surface area contributed by atoms with Gasteiger partial charge in [-0.05, 0) is 69.4 Å². The van der Waals surface area contributed by atoms with Crippen LogP contribution in [0.1, 0.15) is 38.7 Å². The molecule has 152 valence electrons. The van der Waals surface area contributed by atoms with Crippen molar-refractivity contribution in [3.63, 3.8) is 0 Å². The Balaban J connectivity index is 1.87. The molecule has 0 unspecified atom stereocenters. The summed E-state index contributed by atoms with van der Waals surface area (Å²) in [7, 11) is 3.30. The van der Waals surface area contributed by atoms with Gasteiger partial charge in [-0.2, -0.15) is 0 Å². The summed E-state index contributed by atoms with van der Waals surface area (Å²) in [6.07, 6.45) is 3.78. The lowest BCUT2D eigenvalue weighted by Crippen LogP contribution is -2.43. The molecule has 0 saturated carbocycles. The molecule has 6 nitrogen and oxygen atoms in total. The highest BCUT2D eigenvalue weighted by atomic mass is 16.5. The lowest BCUT2D eigenvalue weighted by Gasteiger charge is -2.32. The van der Waals surface area contributed by atoms with E-state index in [0.717, 1.165) is 42.0 Å². The lowest BCUT2D eigenvalue weighted by atomic mass is 9.97. The lowest BCUT2D eigenvalue weighted by molar-refractivity contribution is 0.185. The van der Waals surface area contributed by atoms with Crippen molar-refractivity contribution in [2.75, 3.05) is 46.9 Å². The molecule has 1 aliphatic rings.